The molecule has 0 nitrogen and oxygen atoms in total. The Morgan fingerprint density at radius 1 is 1.42 bits per heavy atom. The van der Waals surface area contributed by atoms with Crippen molar-refractivity contribution < 1.29 is 4.39 Å². The van der Waals surface area contributed by atoms with E-state index in [0.717, 1.165) is 13.9 Å². The van der Waals surface area contributed by atoms with Gasteiger partial charge in [-0.05, 0) is 56.0 Å². The van der Waals surface area contributed by atoms with Crippen LogP contribution in [0.25, 0.3) is 10.1 Å². The summed E-state index contributed by atoms with van der Waals surface area (Å²) in [6.07, 6.45) is 0. The second-order valence-electron chi connectivity index (χ2n) is 2.33. The van der Waals surface area contributed by atoms with Crippen LogP contribution in [-0.2, 0) is 0 Å². The highest BCUT2D eigenvalue weighted by atomic mass is 127. The van der Waals surface area contributed by atoms with Gasteiger partial charge < -0.3 is 0 Å². The Kier molecular flexibility index (Phi) is 2.39. The Labute approximate surface area is 95.0 Å². The molecule has 0 aliphatic heterocycles. The molecule has 0 radical (unpaired) electrons. The topological polar surface area (TPSA) is 0 Å². The predicted octanol–water partition coefficient (Wildman–Crippen LogP) is 4.41. The maximum atomic E-state index is 13.4. The molecule has 1 heterocycles. The number of thiophene rings is 1. The minimum atomic E-state index is -0.108. The third-order valence-electron chi connectivity index (χ3n) is 1.55. The summed E-state index contributed by atoms with van der Waals surface area (Å²) in [5.41, 5.74) is 0. The first-order chi connectivity index (χ1) is 5.68. The second-order valence-corrected chi connectivity index (χ2v) is 5.92. The van der Waals surface area contributed by atoms with Gasteiger partial charge in [0, 0.05) is 0 Å². The van der Waals surface area contributed by atoms with Gasteiger partial charge in [0.2, 0.25) is 0 Å². The minimum absolute atomic E-state index is 0.108. The van der Waals surface area contributed by atoms with Crippen molar-refractivity contribution in [1.82, 2.24) is 0 Å². The summed E-state index contributed by atoms with van der Waals surface area (Å²) in [5.74, 6) is -0.108. The van der Waals surface area contributed by atoms with Crippen molar-refractivity contribution in [2.75, 3.05) is 0 Å². The Hall–Kier alpha value is 0.320. The van der Waals surface area contributed by atoms with Gasteiger partial charge in [-0.2, -0.15) is 0 Å². The molecule has 0 unspecified atom stereocenters. The highest BCUT2D eigenvalue weighted by Crippen LogP contribution is 2.33. The molecular weight excluding hydrogens is 354 g/mol. The molecule has 62 valence electrons. The van der Waals surface area contributed by atoms with Gasteiger partial charge in [0.05, 0.1) is 12.1 Å². The molecule has 1 aromatic carbocycles. The summed E-state index contributed by atoms with van der Waals surface area (Å²) < 4.78 is 15.8. The molecule has 0 aliphatic rings. The van der Waals surface area contributed by atoms with Crippen molar-refractivity contribution in [1.29, 1.82) is 0 Å². The fourth-order valence-electron chi connectivity index (χ4n) is 1.01. The summed E-state index contributed by atoms with van der Waals surface area (Å²) >= 11 is 6.76. The van der Waals surface area contributed by atoms with E-state index < -0.39 is 0 Å². The third-order valence-corrected chi connectivity index (χ3v) is 4.03. The molecule has 0 saturated carbocycles. The summed E-state index contributed by atoms with van der Waals surface area (Å²) in [5, 5.41) is 0.963. The predicted molar refractivity (Wildman–Crippen MR) is 62.2 cm³/mol. The van der Waals surface area contributed by atoms with E-state index in [0.29, 0.717) is 3.57 Å². The Balaban J connectivity index is 2.89. The second kappa shape index (κ2) is 3.23. The maximum absolute atomic E-state index is 13.4. The number of rotatable bonds is 0. The van der Waals surface area contributed by atoms with Crippen molar-refractivity contribution in [2.24, 2.45) is 0 Å². The zero-order chi connectivity index (χ0) is 8.72. The van der Waals surface area contributed by atoms with Gasteiger partial charge in [-0.15, -0.1) is 11.3 Å². The molecule has 0 bridgehead atoms. The molecule has 0 atom stereocenters. The zero-order valence-electron chi connectivity index (χ0n) is 5.77. The van der Waals surface area contributed by atoms with Crippen molar-refractivity contribution in [3.8, 4) is 0 Å². The maximum Gasteiger partial charge on any atom is 0.154 e. The largest absolute Gasteiger partial charge is 0.204 e. The van der Waals surface area contributed by atoms with E-state index in [1.54, 1.807) is 6.07 Å². The summed E-state index contributed by atoms with van der Waals surface area (Å²) in [7, 11) is 0. The molecular formula is C8H3BrFIS. The molecule has 4 heteroatoms. The van der Waals surface area contributed by atoms with Gasteiger partial charge in [-0.1, -0.05) is 6.07 Å². The van der Waals surface area contributed by atoms with Crippen LogP contribution in [0.2, 0.25) is 0 Å². The first kappa shape index (κ1) is 8.90. The lowest BCUT2D eigenvalue weighted by Crippen LogP contribution is -1.78. The molecule has 0 fully saturated rings. The number of hydrogen-bond acceptors (Lipinski definition) is 1. The molecule has 0 amide bonds. The van der Waals surface area contributed by atoms with Crippen molar-refractivity contribution in [3.05, 3.63) is 31.4 Å². The van der Waals surface area contributed by atoms with E-state index in [-0.39, 0.29) is 5.82 Å². The van der Waals surface area contributed by atoms with E-state index in [1.807, 2.05) is 34.7 Å². The molecule has 0 aliphatic carbocycles. The lowest BCUT2D eigenvalue weighted by Gasteiger charge is -1.93. The number of fused-ring (bicyclic) bond motifs is 1. The smallest absolute Gasteiger partial charge is 0.154 e. The third kappa shape index (κ3) is 1.40. The van der Waals surface area contributed by atoms with Crippen LogP contribution >= 0.6 is 49.9 Å². The highest BCUT2D eigenvalue weighted by molar-refractivity contribution is 14.1. The van der Waals surface area contributed by atoms with Crippen molar-refractivity contribution in [3.63, 3.8) is 0 Å². The normalized spacial score (nSPS) is 10.9. The van der Waals surface area contributed by atoms with Gasteiger partial charge in [0.15, 0.2) is 5.82 Å². The zero-order valence-corrected chi connectivity index (χ0v) is 10.3. The van der Waals surface area contributed by atoms with Gasteiger partial charge in [0.25, 0.3) is 0 Å². The van der Waals surface area contributed by atoms with Crippen LogP contribution in [0.5, 0.6) is 0 Å². The minimum Gasteiger partial charge on any atom is -0.204 e. The SMILES string of the molecule is Fc1c(I)ccc2cc(Br)sc12. The lowest BCUT2D eigenvalue weighted by molar-refractivity contribution is 0.634. The van der Waals surface area contributed by atoms with Gasteiger partial charge in [-0.3, -0.25) is 0 Å². The quantitative estimate of drug-likeness (QED) is 0.613. The first-order valence-corrected chi connectivity index (χ1v) is 5.90. The molecule has 1 aromatic heterocycles. The van der Waals surface area contributed by atoms with Crippen LogP contribution in [0.15, 0.2) is 22.0 Å². The molecule has 2 aromatic rings. The number of hydrogen-bond donors (Lipinski definition) is 0. The van der Waals surface area contributed by atoms with E-state index >= 15 is 0 Å². The Bertz CT molecular complexity index is 438. The van der Waals surface area contributed by atoms with E-state index in [1.165, 1.54) is 11.3 Å². The van der Waals surface area contributed by atoms with Crippen LogP contribution in [0.1, 0.15) is 0 Å². The summed E-state index contributed by atoms with van der Waals surface area (Å²) in [4.78, 5) is 0. The van der Waals surface area contributed by atoms with Gasteiger partial charge >= 0.3 is 0 Å². The first-order valence-electron chi connectivity index (χ1n) is 3.21. The standard InChI is InChI=1S/C8H3BrFIS/c9-6-3-4-1-2-5(11)7(10)8(4)12-6/h1-3H. The van der Waals surface area contributed by atoms with E-state index in [2.05, 4.69) is 15.9 Å². The Morgan fingerprint density at radius 2 is 2.17 bits per heavy atom. The van der Waals surface area contributed by atoms with Crippen LogP contribution in [0.4, 0.5) is 4.39 Å². The average Bonchev–Trinajstić information content (AvgIpc) is 2.39. The van der Waals surface area contributed by atoms with Gasteiger partial charge in [-0.25, -0.2) is 4.39 Å². The fraction of sp³-hybridized carbons (Fsp3) is 0. The van der Waals surface area contributed by atoms with Crippen LogP contribution in [0, 0.1) is 9.39 Å². The van der Waals surface area contributed by atoms with Crippen LogP contribution in [-0.4, -0.2) is 0 Å². The average molecular weight is 357 g/mol. The molecule has 2 rings (SSSR count). The lowest BCUT2D eigenvalue weighted by atomic mass is 10.3. The molecule has 0 N–H and O–H groups in total. The monoisotopic (exact) mass is 356 g/mol. The molecule has 0 spiro atoms. The molecule has 0 saturated heterocycles. The highest BCUT2D eigenvalue weighted by Gasteiger charge is 2.07. The molecule has 12 heavy (non-hydrogen) atoms. The number of benzene rings is 1. The van der Waals surface area contributed by atoms with Gasteiger partial charge in [0.1, 0.15) is 0 Å². The van der Waals surface area contributed by atoms with Crippen molar-refractivity contribution in [2.45, 2.75) is 0 Å². The number of halogens is 3. The fourth-order valence-corrected chi connectivity index (χ4v) is 3.20. The summed E-state index contributed by atoms with van der Waals surface area (Å²) in [6, 6.07) is 5.65. The van der Waals surface area contributed by atoms with Crippen molar-refractivity contribution >= 4 is 59.9 Å². The van der Waals surface area contributed by atoms with Crippen LogP contribution < -0.4 is 0 Å². The van der Waals surface area contributed by atoms with E-state index in [9.17, 15) is 4.39 Å². The van der Waals surface area contributed by atoms with E-state index in [4.69, 9.17) is 0 Å². The van der Waals surface area contributed by atoms with Crippen LogP contribution in [0.3, 0.4) is 0 Å². The summed E-state index contributed by atoms with van der Waals surface area (Å²) in [6.45, 7) is 0. The Morgan fingerprint density at radius 3 is 2.92 bits per heavy atom.